The molecule has 2 aromatic carbocycles. The van der Waals surface area contributed by atoms with Crippen molar-refractivity contribution in [1.29, 1.82) is 0 Å². The van der Waals surface area contributed by atoms with Crippen LogP contribution in [0.4, 0.5) is 0 Å². The van der Waals surface area contributed by atoms with E-state index in [0.29, 0.717) is 17.9 Å². The van der Waals surface area contributed by atoms with Crippen LogP contribution in [0.5, 0.6) is 5.75 Å². The zero-order chi connectivity index (χ0) is 22.2. The normalized spacial score (nSPS) is 11.1. The van der Waals surface area contributed by atoms with Gasteiger partial charge in [0, 0.05) is 11.6 Å². The molecule has 3 rings (SSSR count). The maximum absolute atomic E-state index is 12.8. The summed E-state index contributed by atoms with van der Waals surface area (Å²) in [5.74, 6) is 0.445. The number of carbonyl (C=O) groups is 2. The molecule has 31 heavy (non-hydrogen) atoms. The second-order valence-electron chi connectivity index (χ2n) is 7.22. The van der Waals surface area contributed by atoms with Gasteiger partial charge in [0.15, 0.2) is 0 Å². The predicted octanol–water partition coefficient (Wildman–Crippen LogP) is 4.17. The quantitative estimate of drug-likeness (QED) is 0.425. The Morgan fingerprint density at radius 3 is 2.52 bits per heavy atom. The van der Waals surface area contributed by atoms with Gasteiger partial charge in [0.1, 0.15) is 23.8 Å². The standard InChI is InChI=1S/C25H26N2O4/c1-17-10-11-23(19(3)15-17)31-14-12-26-25(29)22(16-20-8-6-13-30-20)27-24(28)21-9-5-4-7-18(21)2/h4-11,13,15-16H,12,14H2,1-3H3,(H,26,29)(H,27,28)/b22-16-. The van der Waals surface area contributed by atoms with Gasteiger partial charge in [0.2, 0.25) is 0 Å². The summed E-state index contributed by atoms with van der Waals surface area (Å²) >= 11 is 0. The maximum Gasteiger partial charge on any atom is 0.268 e. The van der Waals surface area contributed by atoms with Gasteiger partial charge in [-0.05, 0) is 56.2 Å². The molecule has 2 amide bonds. The van der Waals surface area contributed by atoms with Crippen molar-refractivity contribution < 1.29 is 18.7 Å². The lowest BCUT2D eigenvalue weighted by Crippen LogP contribution is -2.36. The number of amides is 2. The van der Waals surface area contributed by atoms with Gasteiger partial charge in [-0.15, -0.1) is 0 Å². The van der Waals surface area contributed by atoms with Crippen LogP contribution in [0.3, 0.4) is 0 Å². The lowest BCUT2D eigenvalue weighted by Gasteiger charge is -2.13. The van der Waals surface area contributed by atoms with Gasteiger partial charge < -0.3 is 19.8 Å². The van der Waals surface area contributed by atoms with Crippen LogP contribution in [0.1, 0.15) is 32.8 Å². The first-order chi connectivity index (χ1) is 14.9. The monoisotopic (exact) mass is 418 g/mol. The number of hydrogen-bond donors (Lipinski definition) is 2. The summed E-state index contributed by atoms with van der Waals surface area (Å²) in [5.41, 5.74) is 3.61. The average molecular weight is 418 g/mol. The number of benzene rings is 2. The van der Waals surface area contributed by atoms with Crippen LogP contribution in [-0.2, 0) is 4.79 Å². The summed E-state index contributed by atoms with van der Waals surface area (Å²) in [6.07, 6.45) is 3.00. The number of rotatable bonds is 8. The molecule has 0 bridgehead atoms. The smallest absolute Gasteiger partial charge is 0.268 e. The Kier molecular flexibility index (Phi) is 7.27. The van der Waals surface area contributed by atoms with Crippen LogP contribution in [0.2, 0.25) is 0 Å². The van der Waals surface area contributed by atoms with Crippen molar-refractivity contribution in [3.05, 3.63) is 94.6 Å². The SMILES string of the molecule is Cc1ccc(OCCNC(=O)/C(=C/c2ccco2)NC(=O)c2ccccc2C)c(C)c1. The highest BCUT2D eigenvalue weighted by Gasteiger charge is 2.16. The minimum absolute atomic E-state index is 0.0923. The third kappa shape index (κ3) is 6.09. The molecule has 0 aliphatic heterocycles. The number of carbonyl (C=O) groups excluding carboxylic acids is 2. The predicted molar refractivity (Wildman–Crippen MR) is 120 cm³/mol. The second-order valence-corrected chi connectivity index (χ2v) is 7.22. The van der Waals surface area contributed by atoms with Gasteiger partial charge in [-0.1, -0.05) is 35.9 Å². The molecule has 1 aromatic heterocycles. The van der Waals surface area contributed by atoms with Crippen LogP contribution < -0.4 is 15.4 Å². The van der Waals surface area contributed by atoms with Crippen molar-refractivity contribution in [2.24, 2.45) is 0 Å². The topological polar surface area (TPSA) is 80.6 Å². The minimum Gasteiger partial charge on any atom is -0.491 e. The lowest BCUT2D eigenvalue weighted by atomic mass is 10.1. The Morgan fingerprint density at radius 1 is 1.00 bits per heavy atom. The Labute approximate surface area is 181 Å². The molecule has 160 valence electrons. The number of ether oxygens (including phenoxy) is 1. The fourth-order valence-electron chi connectivity index (χ4n) is 3.07. The Morgan fingerprint density at radius 2 is 1.81 bits per heavy atom. The van der Waals surface area contributed by atoms with E-state index >= 15 is 0 Å². The first kappa shape index (κ1) is 21.9. The molecule has 0 atom stereocenters. The van der Waals surface area contributed by atoms with Crippen molar-refractivity contribution in [3.8, 4) is 5.75 Å². The zero-order valence-electron chi connectivity index (χ0n) is 17.9. The van der Waals surface area contributed by atoms with E-state index in [-0.39, 0.29) is 18.1 Å². The summed E-state index contributed by atoms with van der Waals surface area (Å²) in [7, 11) is 0. The first-order valence-electron chi connectivity index (χ1n) is 10.0. The summed E-state index contributed by atoms with van der Waals surface area (Å²) in [6.45, 7) is 6.42. The largest absolute Gasteiger partial charge is 0.491 e. The fourth-order valence-corrected chi connectivity index (χ4v) is 3.07. The van der Waals surface area contributed by atoms with Gasteiger partial charge >= 0.3 is 0 Å². The molecule has 6 nitrogen and oxygen atoms in total. The van der Waals surface area contributed by atoms with E-state index in [2.05, 4.69) is 10.6 Å². The number of furan rings is 1. The van der Waals surface area contributed by atoms with E-state index in [1.54, 1.807) is 24.3 Å². The molecule has 6 heteroatoms. The zero-order valence-corrected chi connectivity index (χ0v) is 17.9. The van der Waals surface area contributed by atoms with Crippen molar-refractivity contribution in [2.75, 3.05) is 13.2 Å². The Balaban J connectivity index is 1.64. The molecule has 1 heterocycles. The van der Waals surface area contributed by atoms with Crippen LogP contribution in [0.25, 0.3) is 6.08 Å². The average Bonchev–Trinajstić information content (AvgIpc) is 3.25. The molecule has 0 radical (unpaired) electrons. The molecule has 0 saturated heterocycles. The minimum atomic E-state index is -0.428. The molecule has 0 unspecified atom stereocenters. The maximum atomic E-state index is 12.8. The van der Waals surface area contributed by atoms with Crippen molar-refractivity contribution in [2.45, 2.75) is 20.8 Å². The third-order valence-corrected chi connectivity index (χ3v) is 4.69. The molecular formula is C25H26N2O4. The Bertz CT molecular complexity index is 1080. The number of aryl methyl sites for hydroxylation is 3. The molecule has 3 aromatic rings. The molecule has 2 N–H and O–H groups in total. The number of nitrogens with one attached hydrogen (secondary N) is 2. The van der Waals surface area contributed by atoms with Gasteiger partial charge in [-0.25, -0.2) is 0 Å². The van der Waals surface area contributed by atoms with Crippen LogP contribution >= 0.6 is 0 Å². The molecule has 0 aliphatic carbocycles. The van der Waals surface area contributed by atoms with E-state index in [4.69, 9.17) is 9.15 Å². The molecule has 0 spiro atoms. The molecule has 0 aliphatic rings. The summed E-state index contributed by atoms with van der Waals surface area (Å²) in [6, 6.07) is 16.5. The van der Waals surface area contributed by atoms with Gasteiger partial charge in [-0.3, -0.25) is 9.59 Å². The highest BCUT2D eigenvalue weighted by atomic mass is 16.5. The van der Waals surface area contributed by atoms with Crippen molar-refractivity contribution in [1.82, 2.24) is 10.6 Å². The first-order valence-corrected chi connectivity index (χ1v) is 10.0. The summed E-state index contributed by atoms with van der Waals surface area (Å²) in [4.78, 5) is 25.5. The highest BCUT2D eigenvalue weighted by Crippen LogP contribution is 2.18. The van der Waals surface area contributed by atoms with Gasteiger partial charge in [0.05, 0.1) is 12.8 Å². The van der Waals surface area contributed by atoms with E-state index in [0.717, 1.165) is 22.4 Å². The summed E-state index contributed by atoms with van der Waals surface area (Å²) < 4.78 is 11.1. The van der Waals surface area contributed by atoms with Crippen molar-refractivity contribution >= 4 is 17.9 Å². The third-order valence-electron chi connectivity index (χ3n) is 4.69. The number of hydrogen-bond acceptors (Lipinski definition) is 4. The Hall–Kier alpha value is -3.80. The summed E-state index contributed by atoms with van der Waals surface area (Å²) in [5, 5.41) is 5.47. The second kappa shape index (κ2) is 10.3. The molecule has 0 fully saturated rings. The van der Waals surface area contributed by atoms with E-state index in [1.165, 1.54) is 12.3 Å². The van der Waals surface area contributed by atoms with Gasteiger partial charge in [0.25, 0.3) is 11.8 Å². The fraction of sp³-hybridized carbons (Fsp3) is 0.200. The van der Waals surface area contributed by atoms with Crippen LogP contribution in [0, 0.1) is 20.8 Å². The van der Waals surface area contributed by atoms with Gasteiger partial charge in [-0.2, -0.15) is 0 Å². The van der Waals surface area contributed by atoms with E-state index < -0.39 is 5.91 Å². The highest BCUT2D eigenvalue weighted by molar-refractivity contribution is 6.05. The van der Waals surface area contributed by atoms with Crippen molar-refractivity contribution in [3.63, 3.8) is 0 Å². The van der Waals surface area contributed by atoms with Crippen LogP contribution in [0.15, 0.2) is 71.0 Å². The van der Waals surface area contributed by atoms with E-state index in [1.807, 2.05) is 51.1 Å². The van der Waals surface area contributed by atoms with Crippen LogP contribution in [-0.4, -0.2) is 25.0 Å². The molecular weight excluding hydrogens is 392 g/mol. The molecule has 0 saturated carbocycles. The van der Waals surface area contributed by atoms with E-state index in [9.17, 15) is 9.59 Å². The lowest BCUT2D eigenvalue weighted by molar-refractivity contribution is -0.117.